The van der Waals surface area contributed by atoms with Crippen molar-refractivity contribution in [2.45, 2.75) is 19.9 Å². The highest BCUT2D eigenvalue weighted by Gasteiger charge is 2.19. The highest BCUT2D eigenvalue weighted by atomic mass is 15.2. The molecule has 3 nitrogen and oxygen atoms in total. The van der Waals surface area contributed by atoms with Crippen molar-refractivity contribution in [3.05, 3.63) is 53.2 Å². The Morgan fingerprint density at radius 2 is 2.11 bits per heavy atom. The van der Waals surface area contributed by atoms with E-state index in [0.717, 1.165) is 31.0 Å². The minimum Gasteiger partial charge on any atom is -0.398 e. The maximum Gasteiger partial charge on any atom is 0.131 e. The van der Waals surface area contributed by atoms with Gasteiger partial charge in [-0.15, -0.1) is 0 Å². The molecule has 3 heteroatoms. The quantitative estimate of drug-likeness (QED) is 0.778. The Labute approximate surface area is 107 Å². The molecule has 0 saturated heterocycles. The van der Waals surface area contributed by atoms with Crippen LogP contribution in [-0.4, -0.2) is 11.5 Å². The summed E-state index contributed by atoms with van der Waals surface area (Å²) in [6, 6.07) is 10.3. The zero-order valence-electron chi connectivity index (χ0n) is 10.6. The molecule has 0 spiro atoms. The monoisotopic (exact) mass is 239 g/mol. The molecule has 2 N–H and O–H groups in total. The lowest BCUT2D eigenvalue weighted by Crippen LogP contribution is -2.32. The van der Waals surface area contributed by atoms with Crippen LogP contribution in [-0.2, 0) is 13.0 Å². The van der Waals surface area contributed by atoms with Crippen molar-refractivity contribution >= 4 is 11.5 Å². The van der Waals surface area contributed by atoms with E-state index in [-0.39, 0.29) is 0 Å². The van der Waals surface area contributed by atoms with Gasteiger partial charge in [-0.1, -0.05) is 18.2 Å². The van der Waals surface area contributed by atoms with Crippen molar-refractivity contribution in [3.63, 3.8) is 0 Å². The van der Waals surface area contributed by atoms with Crippen molar-refractivity contribution in [1.82, 2.24) is 4.98 Å². The number of pyridine rings is 1. The average molecular weight is 239 g/mol. The number of rotatable bonds is 1. The van der Waals surface area contributed by atoms with Gasteiger partial charge in [0.25, 0.3) is 0 Å². The van der Waals surface area contributed by atoms with E-state index in [4.69, 9.17) is 5.73 Å². The molecule has 0 aliphatic carbocycles. The zero-order chi connectivity index (χ0) is 12.5. The molecule has 0 radical (unpaired) electrons. The second kappa shape index (κ2) is 4.33. The molecule has 0 fully saturated rings. The second-order valence-corrected chi connectivity index (χ2v) is 4.80. The molecule has 3 rings (SSSR count). The molecule has 0 amide bonds. The highest BCUT2D eigenvalue weighted by Crippen LogP contribution is 2.27. The number of aromatic nitrogens is 1. The summed E-state index contributed by atoms with van der Waals surface area (Å²) in [5.41, 5.74) is 10.8. The minimum absolute atomic E-state index is 0.901. The minimum atomic E-state index is 0.901. The summed E-state index contributed by atoms with van der Waals surface area (Å²) in [4.78, 5) is 6.82. The molecular formula is C15H17N3. The first-order valence-electron chi connectivity index (χ1n) is 6.28. The third kappa shape index (κ3) is 1.82. The molecule has 1 aliphatic heterocycles. The third-order valence-corrected chi connectivity index (χ3v) is 3.58. The summed E-state index contributed by atoms with van der Waals surface area (Å²) < 4.78 is 0. The van der Waals surface area contributed by atoms with E-state index in [0.29, 0.717) is 0 Å². The van der Waals surface area contributed by atoms with Gasteiger partial charge in [0.15, 0.2) is 0 Å². The molecule has 18 heavy (non-hydrogen) atoms. The zero-order valence-corrected chi connectivity index (χ0v) is 10.6. The van der Waals surface area contributed by atoms with Crippen LogP contribution >= 0.6 is 0 Å². The number of nitrogens with zero attached hydrogens (tertiary/aromatic N) is 2. The van der Waals surface area contributed by atoms with Gasteiger partial charge < -0.3 is 10.6 Å². The van der Waals surface area contributed by atoms with Crippen molar-refractivity contribution < 1.29 is 0 Å². The van der Waals surface area contributed by atoms with Crippen LogP contribution in [0.5, 0.6) is 0 Å². The summed E-state index contributed by atoms with van der Waals surface area (Å²) in [5.74, 6) is 1.09. The smallest absolute Gasteiger partial charge is 0.131 e. The summed E-state index contributed by atoms with van der Waals surface area (Å²) in [5, 5.41) is 0. The van der Waals surface area contributed by atoms with Gasteiger partial charge in [-0.3, -0.25) is 0 Å². The highest BCUT2D eigenvalue weighted by molar-refractivity contribution is 5.56. The van der Waals surface area contributed by atoms with Crippen LogP contribution in [0.1, 0.15) is 16.7 Å². The molecule has 1 aromatic heterocycles. The van der Waals surface area contributed by atoms with E-state index < -0.39 is 0 Å². The van der Waals surface area contributed by atoms with Gasteiger partial charge in [0.2, 0.25) is 0 Å². The molecule has 0 bridgehead atoms. The van der Waals surface area contributed by atoms with Crippen LogP contribution in [0.2, 0.25) is 0 Å². The Balaban J connectivity index is 1.94. The number of nitrogen functional groups attached to an aromatic ring is 1. The Morgan fingerprint density at radius 1 is 1.22 bits per heavy atom. The van der Waals surface area contributed by atoms with E-state index in [9.17, 15) is 0 Å². The van der Waals surface area contributed by atoms with Crippen molar-refractivity contribution in [1.29, 1.82) is 0 Å². The van der Waals surface area contributed by atoms with Crippen LogP contribution in [0.3, 0.4) is 0 Å². The van der Waals surface area contributed by atoms with Crippen LogP contribution < -0.4 is 10.6 Å². The van der Waals surface area contributed by atoms with Crippen molar-refractivity contribution in [3.8, 4) is 0 Å². The largest absolute Gasteiger partial charge is 0.398 e. The van der Waals surface area contributed by atoms with Crippen LogP contribution in [0, 0.1) is 6.92 Å². The molecule has 0 atom stereocenters. The van der Waals surface area contributed by atoms with E-state index in [1.165, 1.54) is 16.7 Å². The van der Waals surface area contributed by atoms with E-state index >= 15 is 0 Å². The molecule has 2 heterocycles. The number of anilines is 2. The fraction of sp³-hybridized carbons (Fsp3) is 0.267. The Morgan fingerprint density at radius 3 is 2.94 bits per heavy atom. The normalized spacial score (nSPS) is 14.4. The number of fused-ring (bicyclic) bond motifs is 1. The lowest BCUT2D eigenvalue weighted by molar-refractivity contribution is 0.720. The molecule has 0 unspecified atom stereocenters. The fourth-order valence-electron chi connectivity index (χ4n) is 2.63. The summed E-state index contributed by atoms with van der Waals surface area (Å²) in [7, 11) is 0. The van der Waals surface area contributed by atoms with Gasteiger partial charge in [-0.05, 0) is 42.2 Å². The summed E-state index contributed by atoms with van der Waals surface area (Å²) in [6.45, 7) is 3.99. The SMILES string of the molecule is Cc1cccnc1N1CCc2c(N)cccc2C1. The lowest BCUT2D eigenvalue weighted by Gasteiger charge is -2.31. The Bertz CT molecular complexity index is 578. The van der Waals surface area contributed by atoms with Crippen molar-refractivity contribution in [2.75, 3.05) is 17.2 Å². The van der Waals surface area contributed by atoms with E-state index in [2.05, 4.69) is 28.9 Å². The predicted octanol–water partition coefficient (Wildman–Crippen LogP) is 2.53. The number of aryl methyl sites for hydroxylation is 1. The standard InChI is InChI=1S/C15H17N3/c1-11-4-3-8-17-15(11)18-9-7-13-12(10-18)5-2-6-14(13)16/h2-6,8H,7,9-10,16H2,1H3. The first-order valence-corrected chi connectivity index (χ1v) is 6.28. The number of nitrogens with two attached hydrogens (primary N) is 1. The second-order valence-electron chi connectivity index (χ2n) is 4.80. The van der Waals surface area contributed by atoms with E-state index in [1.807, 2.05) is 24.4 Å². The number of hydrogen-bond donors (Lipinski definition) is 1. The van der Waals surface area contributed by atoms with E-state index in [1.54, 1.807) is 0 Å². The Hall–Kier alpha value is -2.03. The van der Waals surface area contributed by atoms with Gasteiger partial charge in [-0.25, -0.2) is 4.98 Å². The summed E-state index contributed by atoms with van der Waals surface area (Å²) in [6.07, 6.45) is 2.86. The first-order chi connectivity index (χ1) is 8.75. The maximum atomic E-state index is 6.02. The molecule has 92 valence electrons. The van der Waals surface area contributed by atoms with Crippen LogP contribution in [0.4, 0.5) is 11.5 Å². The van der Waals surface area contributed by atoms with Gasteiger partial charge in [-0.2, -0.15) is 0 Å². The molecule has 2 aromatic rings. The molecular weight excluding hydrogens is 222 g/mol. The van der Waals surface area contributed by atoms with Gasteiger partial charge in [0.05, 0.1) is 0 Å². The average Bonchev–Trinajstić information content (AvgIpc) is 2.39. The topological polar surface area (TPSA) is 42.2 Å². The Kier molecular flexibility index (Phi) is 2.67. The van der Waals surface area contributed by atoms with Crippen LogP contribution in [0.15, 0.2) is 36.5 Å². The lowest BCUT2D eigenvalue weighted by atomic mass is 9.98. The van der Waals surface area contributed by atoms with Crippen molar-refractivity contribution in [2.24, 2.45) is 0 Å². The third-order valence-electron chi connectivity index (χ3n) is 3.58. The van der Waals surface area contributed by atoms with Gasteiger partial charge >= 0.3 is 0 Å². The van der Waals surface area contributed by atoms with Gasteiger partial charge in [0, 0.05) is 25.0 Å². The first kappa shape index (κ1) is 11.1. The molecule has 1 aliphatic rings. The molecule has 1 aromatic carbocycles. The van der Waals surface area contributed by atoms with Crippen LogP contribution in [0.25, 0.3) is 0 Å². The van der Waals surface area contributed by atoms with Gasteiger partial charge in [0.1, 0.15) is 5.82 Å². The number of benzene rings is 1. The summed E-state index contributed by atoms with van der Waals surface area (Å²) >= 11 is 0. The number of hydrogen-bond acceptors (Lipinski definition) is 3. The maximum absolute atomic E-state index is 6.02. The molecule has 0 saturated carbocycles. The predicted molar refractivity (Wildman–Crippen MR) is 74.6 cm³/mol. The fourth-order valence-corrected chi connectivity index (χ4v) is 2.63.